The van der Waals surface area contributed by atoms with Crippen LogP contribution >= 0.6 is 11.6 Å². The first kappa shape index (κ1) is 14.5. The predicted octanol–water partition coefficient (Wildman–Crippen LogP) is -0.381. The molecule has 0 aromatic rings. The molecular weight excluding hydrogens is 294 g/mol. The maximum absolute atomic E-state index is 12.1. The average molecular weight is 310 g/mol. The quantitative estimate of drug-likeness (QED) is 0.546. The van der Waals surface area contributed by atoms with Crippen molar-refractivity contribution in [3.8, 4) is 0 Å². The lowest BCUT2D eigenvalue weighted by molar-refractivity contribution is -0.125. The number of rotatable bonds is 4. The van der Waals surface area contributed by atoms with Gasteiger partial charge in [-0.05, 0) is 19.3 Å². The van der Waals surface area contributed by atoms with Crippen LogP contribution in [0.2, 0.25) is 0 Å². The fourth-order valence-corrected chi connectivity index (χ4v) is 4.32. The second kappa shape index (κ2) is 5.26. The summed E-state index contributed by atoms with van der Waals surface area (Å²) in [5.74, 6) is -0.216. The third-order valence-corrected chi connectivity index (χ3v) is 5.57. The summed E-state index contributed by atoms with van der Waals surface area (Å²) in [6, 6.07) is -0.565. The van der Waals surface area contributed by atoms with Crippen LogP contribution in [0, 0.1) is 0 Å². The molecule has 2 N–H and O–H groups in total. The number of amides is 3. The van der Waals surface area contributed by atoms with Gasteiger partial charge in [0.25, 0.3) is 5.91 Å². The standard InChI is InChI=1S/C10H16ClN3O4S/c11-4-2-6-19(17,18)14-5-1-3-10(7-14)8(15)12-9(16)13-10/h1-7H2,(H2,12,13,15,16). The average Bonchev–Trinajstić information content (AvgIpc) is 2.61. The van der Waals surface area contributed by atoms with Gasteiger partial charge in [0.05, 0.1) is 5.75 Å². The van der Waals surface area contributed by atoms with Gasteiger partial charge in [-0.2, -0.15) is 4.31 Å². The van der Waals surface area contributed by atoms with E-state index in [1.54, 1.807) is 0 Å². The molecular formula is C10H16ClN3O4S. The largest absolute Gasteiger partial charge is 0.322 e. The topological polar surface area (TPSA) is 95.6 Å². The van der Waals surface area contributed by atoms with E-state index in [2.05, 4.69) is 10.6 Å². The van der Waals surface area contributed by atoms with E-state index in [1.807, 2.05) is 0 Å². The molecule has 1 atom stereocenters. The Balaban J connectivity index is 2.13. The Hall–Kier alpha value is -0.860. The van der Waals surface area contributed by atoms with Gasteiger partial charge in [-0.25, -0.2) is 13.2 Å². The van der Waals surface area contributed by atoms with Crippen LogP contribution < -0.4 is 10.6 Å². The number of urea groups is 1. The van der Waals surface area contributed by atoms with Crippen LogP contribution in [0.5, 0.6) is 0 Å². The number of hydrogen-bond donors (Lipinski definition) is 2. The molecule has 2 rings (SSSR count). The Morgan fingerprint density at radius 3 is 2.68 bits per heavy atom. The molecule has 2 heterocycles. The Labute approximate surface area is 116 Å². The summed E-state index contributed by atoms with van der Waals surface area (Å²) >= 11 is 5.51. The summed E-state index contributed by atoms with van der Waals surface area (Å²) in [7, 11) is -3.43. The summed E-state index contributed by atoms with van der Waals surface area (Å²) in [4.78, 5) is 23.0. The van der Waals surface area contributed by atoms with Gasteiger partial charge >= 0.3 is 6.03 Å². The Kier molecular flexibility index (Phi) is 4.03. The van der Waals surface area contributed by atoms with Gasteiger partial charge in [0.1, 0.15) is 5.54 Å². The van der Waals surface area contributed by atoms with Crippen LogP contribution in [-0.2, 0) is 14.8 Å². The highest BCUT2D eigenvalue weighted by Gasteiger charge is 2.50. The lowest BCUT2D eigenvalue weighted by Crippen LogP contribution is -2.59. The van der Waals surface area contributed by atoms with Gasteiger partial charge in [0.2, 0.25) is 10.0 Å². The number of nitrogens with one attached hydrogen (secondary N) is 2. The van der Waals surface area contributed by atoms with Crippen LogP contribution in [0.1, 0.15) is 19.3 Å². The number of hydrogen-bond acceptors (Lipinski definition) is 4. The molecule has 2 aliphatic rings. The van der Waals surface area contributed by atoms with Crippen molar-refractivity contribution in [2.75, 3.05) is 24.7 Å². The van der Waals surface area contributed by atoms with Crippen molar-refractivity contribution >= 4 is 33.6 Å². The van der Waals surface area contributed by atoms with Crippen LogP contribution in [0.3, 0.4) is 0 Å². The highest BCUT2D eigenvalue weighted by molar-refractivity contribution is 7.89. The second-order valence-electron chi connectivity index (χ2n) is 4.79. The van der Waals surface area contributed by atoms with Crippen LogP contribution in [-0.4, -0.2) is 54.9 Å². The number of sulfonamides is 1. The number of carbonyl (C=O) groups is 2. The highest BCUT2D eigenvalue weighted by atomic mass is 35.5. The van der Waals surface area contributed by atoms with Crippen molar-refractivity contribution < 1.29 is 18.0 Å². The molecule has 19 heavy (non-hydrogen) atoms. The summed E-state index contributed by atoms with van der Waals surface area (Å²) in [6.45, 7) is 0.366. The first-order chi connectivity index (χ1) is 8.89. The zero-order chi connectivity index (χ0) is 14.1. The zero-order valence-electron chi connectivity index (χ0n) is 10.3. The summed E-state index contributed by atoms with van der Waals surface area (Å²) < 4.78 is 25.5. The van der Waals surface area contributed by atoms with E-state index < -0.39 is 27.5 Å². The van der Waals surface area contributed by atoms with Gasteiger partial charge in [0.15, 0.2) is 0 Å². The van der Waals surface area contributed by atoms with Crippen molar-refractivity contribution in [3.05, 3.63) is 0 Å². The first-order valence-electron chi connectivity index (χ1n) is 6.07. The minimum absolute atomic E-state index is 0.00477. The molecule has 0 saturated carbocycles. The van der Waals surface area contributed by atoms with Gasteiger partial charge in [-0.3, -0.25) is 10.1 Å². The first-order valence-corrected chi connectivity index (χ1v) is 8.21. The van der Waals surface area contributed by atoms with Crippen LogP contribution in [0.4, 0.5) is 4.79 Å². The van der Waals surface area contributed by atoms with E-state index in [0.29, 0.717) is 25.8 Å². The fourth-order valence-electron chi connectivity index (χ4n) is 2.44. The molecule has 0 aromatic heterocycles. The molecule has 0 bridgehead atoms. The van der Waals surface area contributed by atoms with Crippen molar-refractivity contribution in [2.24, 2.45) is 0 Å². The summed E-state index contributed by atoms with van der Waals surface area (Å²) in [5, 5.41) is 4.71. The van der Waals surface area contributed by atoms with Crippen LogP contribution in [0.25, 0.3) is 0 Å². The van der Waals surface area contributed by atoms with Gasteiger partial charge < -0.3 is 5.32 Å². The number of halogens is 1. The predicted molar refractivity (Wildman–Crippen MR) is 69.3 cm³/mol. The van der Waals surface area contributed by atoms with E-state index in [4.69, 9.17) is 11.6 Å². The molecule has 2 fully saturated rings. The summed E-state index contributed by atoms with van der Waals surface area (Å²) in [5.41, 5.74) is -1.11. The van der Waals surface area contributed by atoms with E-state index in [0.717, 1.165) is 0 Å². The fraction of sp³-hybridized carbons (Fsp3) is 0.800. The number of alkyl halides is 1. The molecule has 1 spiro atoms. The molecule has 2 aliphatic heterocycles. The molecule has 1 unspecified atom stereocenters. The Morgan fingerprint density at radius 1 is 1.37 bits per heavy atom. The molecule has 0 aromatic carbocycles. The maximum atomic E-state index is 12.1. The molecule has 7 nitrogen and oxygen atoms in total. The second-order valence-corrected chi connectivity index (χ2v) is 7.25. The minimum atomic E-state index is -3.43. The SMILES string of the molecule is O=C1NC(=O)C2(CCCN(S(=O)(=O)CCCCl)C2)N1. The number of nitrogens with zero attached hydrogens (tertiary/aromatic N) is 1. The number of piperidine rings is 1. The highest BCUT2D eigenvalue weighted by Crippen LogP contribution is 2.26. The van der Waals surface area contributed by atoms with Gasteiger partial charge in [-0.1, -0.05) is 0 Å². The smallest absolute Gasteiger partial charge is 0.322 e. The van der Waals surface area contributed by atoms with Gasteiger partial charge in [0, 0.05) is 19.0 Å². The van der Waals surface area contributed by atoms with Crippen molar-refractivity contribution in [1.29, 1.82) is 0 Å². The third kappa shape index (κ3) is 2.85. The van der Waals surface area contributed by atoms with E-state index in [1.165, 1.54) is 4.31 Å². The van der Waals surface area contributed by atoms with E-state index >= 15 is 0 Å². The van der Waals surface area contributed by atoms with Crippen molar-refractivity contribution in [3.63, 3.8) is 0 Å². The molecule has 0 aliphatic carbocycles. The Bertz CT molecular complexity index is 495. The Morgan fingerprint density at radius 2 is 2.11 bits per heavy atom. The molecule has 108 valence electrons. The van der Waals surface area contributed by atoms with E-state index in [-0.39, 0.29) is 18.2 Å². The molecule has 3 amide bonds. The molecule has 9 heteroatoms. The normalized spacial score (nSPS) is 28.5. The zero-order valence-corrected chi connectivity index (χ0v) is 11.9. The minimum Gasteiger partial charge on any atom is -0.322 e. The van der Waals surface area contributed by atoms with Crippen molar-refractivity contribution in [2.45, 2.75) is 24.8 Å². The van der Waals surface area contributed by atoms with E-state index in [9.17, 15) is 18.0 Å². The van der Waals surface area contributed by atoms with Crippen LogP contribution in [0.15, 0.2) is 0 Å². The molecule has 0 radical (unpaired) electrons. The van der Waals surface area contributed by atoms with Gasteiger partial charge in [-0.15, -0.1) is 11.6 Å². The lowest BCUT2D eigenvalue weighted by Gasteiger charge is -2.37. The number of carbonyl (C=O) groups excluding carboxylic acids is 2. The summed E-state index contributed by atoms with van der Waals surface area (Å²) in [6.07, 6.45) is 1.35. The number of imide groups is 1. The molecule has 2 saturated heterocycles. The lowest BCUT2D eigenvalue weighted by atomic mass is 9.90. The maximum Gasteiger partial charge on any atom is 0.322 e. The monoisotopic (exact) mass is 309 g/mol. The third-order valence-electron chi connectivity index (χ3n) is 3.40. The van der Waals surface area contributed by atoms with Crippen molar-refractivity contribution in [1.82, 2.24) is 14.9 Å².